The van der Waals surface area contributed by atoms with E-state index in [-0.39, 0.29) is 5.91 Å². The number of piperazine rings is 1. The zero-order valence-electron chi connectivity index (χ0n) is 16.4. The molecule has 1 amide bonds. The molecule has 0 N–H and O–H groups in total. The lowest BCUT2D eigenvalue weighted by molar-refractivity contribution is -0.132. The summed E-state index contributed by atoms with van der Waals surface area (Å²) in [5.41, 5.74) is 0.852. The lowest BCUT2D eigenvalue weighted by Crippen LogP contribution is -2.48. The van der Waals surface area contributed by atoms with Crippen LogP contribution >= 0.6 is 27.3 Å². The Labute approximate surface area is 178 Å². The molecule has 0 spiro atoms. The highest BCUT2D eigenvalue weighted by Crippen LogP contribution is 2.38. The van der Waals surface area contributed by atoms with Gasteiger partial charge in [0.05, 0.1) is 31.5 Å². The van der Waals surface area contributed by atoms with Gasteiger partial charge < -0.3 is 19.1 Å². The number of methoxy groups -OCH3 is 3. The van der Waals surface area contributed by atoms with Gasteiger partial charge in [-0.25, -0.2) is 0 Å². The van der Waals surface area contributed by atoms with Crippen molar-refractivity contribution in [3.8, 4) is 17.2 Å². The van der Waals surface area contributed by atoms with Crippen LogP contribution in [0.25, 0.3) is 0 Å². The first kappa shape index (κ1) is 21.0. The minimum atomic E-state index is 0.118. The van der Waals surface area contributed by atoms with Gasteiger partial charge in [-0.1, -0.05) is 0 Å². The third kappa shape index (κ3) is 4.98. The molecule has 1 aromatic heterocycles. The zero-order valence-corrected chi connectivity index (χ0v) is 18.8. The van der Waals surface area contributed by atoms with E-state index in [2.05, 4.69) is 33.0 Å². The minimum Gasteiger partial charge on any atom is -0.493 e. The van der Waals surface area contributed by atoms with E-state index in [4.69, 9.17) is 14.2 Å². The molecule has 2 heterocycles. The van der Waals surface area contributed by atoms with E-state index >= 15 is 0 Å². The largest absolute Gasteiger partial charge is 0.493 e. The van der Waals surface area contributed by atoms with Crippen LogP contribution in [0.1, 0.15) is 10.4 Å². The number of nitrogens with zero attached hydrogens (tertiary/aromatic N) is 2. The quantitative estimate of drug-likeness (QED) is 0.622. The van der Waals surface area contributed by atoms with Crippen molar-refractivity contribution in [3.63, 3.8) is 0 Å². The van der Waals surface area contributed by atoms with Gasteiger partial charge in [0.15, 0.2) is 11.5 Å². The van der Waals surface area contributed by atoms with Crippen LogP contribution in [0, 0.1) is 0 Å². The summed E-state index contributed by atoms with van der Waals surface area (Å²) in [6.07, 6.45) is 0.314. The van der Waals surface area contributed by atoms with E-state index in [1.807, 2.05) is 17.0 Å². The van der Waals surface area contributed by atoms with Gasteiger partial charge in [-0.2, -0.15) is 0 Å². The molecule has 0 radical (unpaired) electrons. The van der Waals surface area contributed by atoms with Gasteiger partial charge in [-0.15, -0.1) is 11.3 Å². The number of carbonyl (C=O) groups excluding carboxylic acids is 1. The highest BCUT2D eigenvalue weighted by Gasteiger charge is 2.23. The number of benzene rings is 1. The third-order valence-electron chi connectivity index (χ3n) is 4.81. The van der Waals surface area contributed by atoms with E-state index in [9.17, 15) is 4.79 Å². The molecule has 1 aliphatic heterocycles. The predicted octanol–water partition coefficient (Wildman–Crippen LogP) is 3.42. The van der Waals surface area contributed by atoms with Gasteiger partial charge in [0.2, 0.25) is 11.7 Å². The predicted molar refractivity (Wildman–Crippen MR) is 114 cm³/mol. The Morgan fingerprint density at radius 3 is 2.18 bits per heavy atom. The van der Waals surface area contributed by atoms with Crippen LogP contribution in [0.5, 0.6) is 17.2 Å². The first-order valence-corrected chi connectivity index (χ1v) is 10.7. The molecular weight excluding hydrogens is 444 g/mol. The van der Waals surface area contributed by atoms with Crippen LogP contribution in [0.2, 0.25) is 0 Å². The summed E-state index contributed by atoms with van der Waals surface area (Å²) >= 11 is 5.27. The number of ether oxygens (including phenoxy) is 3. The summed E-state index contributed by atoms with van der Waals surface area (Å²) in [7, 11) is 4.72. The van der Waals surface area contributed by atoms with Crippen LogP contribution in [-0.2, 0) is 17.8 Å². The lowest BCUT2D eigenvalue weighted by Gasteiger charge is -2.34. The van der Waals surface area contributed by atoms with Gasteiger partial charge in [-0.3, -0.25) is 9.69 Å². The van der Waals surface area contributed by atoms with Crippen LogP contribution < -0.4 is 14.2 Å². The lowest BCUT2D eigenvalue weighted by atomic mass is 10.1. The zero-order chi connectivity index (χ0) is 20.1. The Morgan fingerprint density at radius 1 is 1.04 bits per heavy atom. The Kier molecular flexibility index (Phi) is 7.20. The summed E-state index contributed by atoms with van der Waals surface area (Å²) in [6, 6.07) is 7.90. The van der Waals surface area contributed by atoms with Crippen LogP contribution in [0.4, 0.5) is 0 Å². The standard InChI is InChI=1S/C20H25BrN2O4S/c1-25-16-10-14(11-17(26-2)20(16)27-3)12-19(24)23-8-6-22(7-9-23)13-15-4-5-18(21)28-15/h4-5,10-11H,6-9,12-13H2,1-3H3. The summed E-state index contributed by atoms with van der Waals surface area (Å²) in [5, 5.41) is 0. The van der Waals surface area contributed by atoms with E-state index in [1.165, 1.54) is 4.88 Å². The normalized spacial score (nSPS) is 14.8. The topological polar surface area (TPSA) is 51.2 Å². The Balaban J connectivity index is 1.58. The second-order valence-electron chi connectivity index (χ2n) is 6.57. The highest BCUT2D eigenvalue weighted by atomic mass is 79.9. The maximum absolute atomic E-state index is 12.8. The van der Waals surface area contributed by atoms with Crippen molar-refractivity contribution in [1.82, 2.24) is 9.80 Å². The molecule has 1 aliphatic rings. The SMILES string of the molecule is COc1cc(CC(=O)N2CCN(Cc3ccc(Br)s3)CC2)cc(OC)c1OC. The molecular formula is C20H25BrN2O4S. The molecule has 28 heavy (non-hydrogen) atoms. The Bertz CT molecular complexity index is 793. The molecule has 2 aromatic rings. The minimum absolute atomic E-state index is 0.118. The third-order valence-corrected chi connectivity index (χ3v) is 6.42. The molecule has 8 heteroatoms. The van der Waals surface area contributed by atoms with E-state index in [0.29, 0.717) is 23.7 Å². The molecule has 0 atom stereocenters. The molecule has 3 rings (SSSR count). The fraction of sp³-hybridized carbons (Fsp3) is 0.450. The van der Waals surface area contributed by atoms with Gasteiger partial charge in [-0.05, 0) is 45.8 Å². The molecule has 1 aromatic carbocycles. The Morgan fingerprint density at radius 2 is 1.68 bits per heavy atom. The Hall–Kier alpha value is -1.77. The van der Waals surface area contributed by atoms with Crippen molar-refractivity contribution in [1.29, 1.82) is 0 Å². The summed E-state index contributed by atoms with van der Waals surface area (Å²) in [4.78, 5) is 18.4. The number of carbonyl (C=O) groups is 1. The summed E-state index contributed by atoms with van der Waals surface area (Å²) in [5.74, 6) is 1.79. The molecule has 1 fully saturated rings. The van der Waals surface area contributed by atoms with Crippen LogP contribution in [0.3, 0.4) is 0 Å². The number of rotatable bonds is 7. The van der Waals surface area contributed by atoms with Gasteiger partial charge in [0.1, 0.15) is 0 Å². The van der Waals surface area contributed by atoms with Gasteiger partial charge in [0, 0.05) is 37.6 Å². The molecule has 0 saturated carbocycles. The first-order chi connectivity index (χ1) is 13.5. The maximum Gasteiger partial charge on any atom is 0.227 e. The van der Waals surface area contributed by atoms with Crippen molar-refractivity contribution in [3.05, 3.63) is 38.5 Å². The van der Waals surface area contributed by atoms with Crippen LogP contribution in [0.15, 0.2) is 28.1 Å². The average Bonchev–Trinajstić information content (AvgIpc) is 3.12. The monoisotopic (exact) mass is 468 g/mol. The number of hydrogen-bond acceptors (Lipinski definition) is 6. The number of halogens is 1. The van der Waals surface area contributed by atoms with Crippen molar-refractivity contribution in [2.45, 2.75) is 13.0 Å². The fourth-order valence-corrected chi connectivity index (χ4v) is 4.86. The molecule has 0 bridgehead atoms. The average molecular weight is 469 g/mol. The van der Waals surface area contributed by atoms with Crippen molar-refractivity contribution < 1.29 is 19.0 Å². The molecule has 0 unspecified atom stereocenters. The smallest absolute Gasteiger partial charge is 0.227 e. The molecule has 6 nitrogen and oxygen atoms in total. The van der Waals surface area contributed by atoms with Crippen molar-refractivity contribution >= 4 is 33.2 Å². The van der Waals surface area contributed by atoms with Gasteiger partial charge in [0.25, 0.3) is 0 Å². The van der Waals surface area contributed by atoms with E-state index < -0.39 is 0 Å². The second-order valence-corrected chi connectivity index (χ2v) is 9.12. The van der Waals surface area contributed by atoms with Gasteiger partial charge >= 0.3 is 0 Å². The van der Waals surface area contributed by atoms with E-state index in [1.54, 1.807) is 32.7 Å². The molecule has 1 saturated heterocycles. The fourth-order valence-electron chi connectivity index (χ4n) is 3.34. The first-order valence-electron chi connectivity index (χ1n) is 9.07. The van der Waals surface area contributed by atoms with Crippen molar-refractivity contribution in [2.75, 3.05) is 47.5 Å². The number of thiophene rings is 1. The highest BCUT2D eigenvalue weighted by molar-refractivity contribution is 9.11. The second kappa shape index (κ2) is 9.62. The number of amides is 1. The van der Waals surface area contributed by atoms with E-state index in [0.717, 1.165) is 42.1 Å². The molecule has 0 aliphatic carbocycles. The number of hydrogen-bond donors (Lipinski definition) is 0. The summed E-state index contributed by atoms with van der Waals surface area (Å²) < 4.78 is 17.3. The van der Waals surface area contributed by atoms with Crippen molar-refractivity contribution in [2.24, 2.45) is 0 Å². The summed E-state index contributed by atoms with van der Waals surface area (Å²) in [6.45, 7) is 4.20. The van der Waals surface area contributed by atoms with Crippen LogP contribution in [-0.4, -0.2) is 63.2 Å². The molecule has 152 valence electrons. The maximum atomic E-state index is 12.8.